The highest BCUT2D eigenvalue weighted by Crippen LogP contribution is 2.53. The van der Waals surface area contributed by atoms with Crippen molar-refractivity contribution >= 4 is 5.91 Å². The first-order chi connectivity index (χ1) is 7.93. The molecule has 4 saturated carbocycles. The van der Waals surface area contributed by atoms with Crippen LogP contribution in [0, 0.1) is 23.7 Å². The molecule has 0 aromatic carbocycles. The Morgan fingerprint density at radius 2 is 1.53 bits per heavy atom. The molecule has 3 heteroatoms. The van der Waals surface area contributed by atoms with E-state index in [1.54, 1.807) is 13.8 Å². The van der Waals surface area contributed by atoms with E-state index >= 15 is 0 Å². The van der Waals surface area contributed by atoms with Crippen LogP contribution in [0.25, 0.3) is 0 Å². The van der Waals surface area contributed by atoms with Crippen LogP contribution < -0.4 is 5.32 Å². The van der Waals surface area contributed by atoms with Gasteiger partial charge in [-0.15, -0.1) is 0 Å². The van der Waals surface area contributed by atoms with Gasteiger partial charge in [-0.1, -0.05) is 0 Å². The molecule has 4 aliphatic rings. The summed E-state index contributed by atoms with van der Waals surface area (Å²) in [6, 6.07) is 0.335. The van der Waals surface area contributed by atoms with Crippen LogP contribution in [0.3, 0.4) is 0 Å². The van der Waals surface area contributed by atoms with Gasteiger partial charge in [0.1, 0.15) is 5.60 Å². The molecule has 0 radical (unpaired) electrons. The van der Waals surface area contributed by atoms with Crippen LogP contribution >= 0.6 is 0 Å². The third-order valence-electron chi connectivity index (χ3n) is 5.08. The Labute approximate surface area is 103 Å². The lowest BCUT2D eigenvalue weighted by atomic mass is 9.54. The van der Waals surface area contributed by atoms with Gasteiger partial charge in [0.05, 0.1) is 0 Å². The summed E-state index contributed by atoms with van der Waals surface area (Å²) in [7, 11) is 0. The SMILES string of the molecule is CC(C)(O)C(=O)NC1C2CC3CC(C2)CC1C3. The van der Waals surface area contributed by atoms with E-state index in [2.05, 4.69) is 5.32 Å². The molecule has 96 valence electrons. The van der Waals surface area contributed by atoms with Gasteiger partial charge in [-0.3, -0.25) is 4.79 Å². The van der Waals surface area contributed by atoms with Crippen molar-refractivity contribution in [2.24, 2.45) is 23.7 Å². The third-order valence-corrected chi connectivity index (χ3v) is 5.08. The topological polar surface area (TPSA) is 49.3 Å². The minimum absolute atomic E-state index is 0.199. The predicted octanol–water partition coefficient (Wildman–Crippen LogP) is 1.70. The number of amides is 1. The van der Waals surface area contributed by atoms with E-state index in [4.69, 9.17) is 0 Å². The molecule has 2 N–H and O–H groups in total. The first-order valence-corrected chi connectivity index (χ1v) is 6.97. The maximum Gasteiger partial charge on any atom is 0.251 e. The predicted molar refractivity (Wildman–Crippen MR) is 65.3 cm³/mol. The summed E-state index contributed by atoms with van der Waals surface area (Å²) in [6.45, 7) is 3.14. The van der Waals surface area contributed by atoms with Gasteiger partial charge in [0, 0.05) is 6.04 Å². The summed E-state index contributed by atoms with van der Waals surface area (Å²) in [6.07, 6.45) is 6.61. The average molecular weight is 237 g/mol. The van der Waals surface area contributed by atoms with Crippen molar-refractivity contribution in [2.75, 3.05) is 0 Å². The van der Waals surface area contributed by atoms with Gasteiger partial charge in [-0.25, -0.2) is 0 Å². The summed E-state index contributed by atoms with van der Waals surface area (Å²) in [4.78, 5) is 11.9. The lowest BCUT2D eigenvalue weighted by Gasteiger charge is -2.54. The van der Waals surface area contributed by atoms with Gasteiger partial charge in [0.2, 0.25) is 0 Å². The lowest BCUT2D eigenvalue weighted by Crippen LogP contribution is -2.58. The number of rotatable bonds is 2. The number of hydrogen-bond acceptors (Lipinski definition) is 2. The van der Waals surface area contributed by atoms with Gasteiger partial charge < -0.3 is 10.4 Å². The Kier molecular flexibility index (Phi) is 2.51. The largest absolute Gasteiger partial charge is 0.381 e. The maximum atomic E-state index is 11.9. The van der Waals surface area contributed by atoms with Crippen molar-refractivity contribution in [1.29, 1.82) is 0 Å². The van der Waals surface area contributed by atoms with E-state index in [0.717, 1.165) is 11.8 Å². The van der Waals surface area contributed by atoms with E-state index in [1.165, 1.54) is 32.1 Å². The Bertz CT molecular complexity index is 304. The molecular weight excluding hydrogens is 214 g/mol. The Morgan fingerprint density at radius 1 is 1.06 bits per heavy atom. The molecule has 0 heterocycles. The molecule has 4 fully saturated rings. The lowest BCUT2D eigenvalue weighted by molar-refractivity contribution is -0.140. The molecule has 0 atom stereocenters. The van der Waals surface area contributed by atoms with Crippen LogP contribution in [0.15, 0.2) is 0 Å². The van der Waals surface area contributed by atoms with Crippen molar-refractivity contribution in [1.82, 2.24) is 5.32 Å². The standard InChI is InChI=1S/C14H23NO2/c1-14(2,17)13(16)15-12-10-4-8-3-9(6-10)7-11(12)5-8/h8-12,17H,3-7H2,1-2H3,(H,15,16). The fourth-order valence-electron chi connectivity index (χ4n) is 4.49. The molecule has 0 unspecified atom stereocenters. The van der Waals surface area contributed by atoms with Gasteiger partial charge in [0.15, 0.2) is 0 Å². The highest BCUT2D eigenvalue weighted by atomic mass is 16.3. The van der Waals surface area contributed by atoms with Crippen LogP contribution in [0.1, 0.15) is 46.0 Å². The van der Waals surface area contributed by atoms with Gasteiger partial charge in [-0.2, -0.15) is 0 Å². The number of nitrogens with one attached hydrogen (secondary N) is 1. The second-order valence-electron chi connectivity index (χ2n) is 6.99. The molecular formula is C14H23NO2. The quantitative estimate of drug-likeness (QED) is 0.768. The third kappa shape index (κ3) is 1.99. The summed E-state index contributed by atoms with van der Waals surface area (Å²) in [5, 5.41) is 12.8. The van der Waals surface area contributed by atoms with E-state index in [-0.39, 0.29) is 5.91 Å². The molecule has 0 aromatic rings. The molecule has 4 rings (SSSR count). The van der Waals surface area contributed by atoms with Crippen LogP contribution in [-0.2, 0) is 4.79 Å². The summed E-state index contributed by atoms with van der Waals surface area (Å²) in [5.41, 5.74) is -1.24. The van der Waals surface area contributed by atoms with Crippen LogP contribution in [0.2, 0.25) is 0 Å². The van der Waals surface area contributed by atoms with Crippen LogP contribution in [0.5, 0.6) is 0 Å². The molecule has 17 heavy (non-hydrogen) atoms. The fraction of sp³-hybridized carbons (Fsp3) is 0.929. The van der Waals surface area contributed by atoms with Crippen LogP contribution in [-0.4, -0.2) is 22.7 Å². The fourth-order valence-corrected chi connectivity index (χ4v) is 4.49. The van der Waals surface area contributed by atoms with Gasteiger partial charge in [-0.05, 0) is 69.6 Å². The zero-order valence-electron chi connectivity index (χ0n) is 10.8. The zero-order valence-corrected chi connectivity index (χ0v) is 10.8. The smallest absolute Gasteiger partial charge is 0.251 e. The van der Waals surface area contributed by atoms with E-state index < -0.39 is 5.60 Å². The minimum atomic E-state index is -1.24. The first-order valence-electron chi connectivity index (χ1n) is 6.97. The molecule has 3 nitrogen and oxygen atoms in total. The Balaban J connectivity index is 1.70. The van der Waals surface area contributed by atoms with E-state index in [1.807, 2.05) is 0 Å². The monoisotopic (exact) mass is 237 g/mol. The summed E-state index contributed by atoms with van der Waals surface area (Å²) < 4.78 is 0. The highest BCUT2D eigenvalue weighted by Gasteiger charge is 2.49. The number of carbonyl (C=O) groups is 1. The Morgan fingerprint density at radius 3 is 1.94 bits per heavy atom. The molecule has 4 bridgehead atoms. The van der Waals surface area contributed by atoms with Crippen LogP contribution in [0.4, 0.5) is 0 Å². The Hall–Kier alpha value is -0.570. The molecule has 0 saturated heterocycles. The highest BCUT2D eigenvalue weighted by molar-refractivity contribution is 5.84. The maximum absolute atomic E-state index is 11.9. The van der Waals surface area contributed by atoms with E-state index in [9.17, 15) is 9.90 Å². The molecule has 4 aliphatic carbocycles. The normalized spacial score (nSPS) is 43.8. The zero-order chi connectivity index (χ0) is 12.2. The molecule has 0 aromatic heterocycles. The van der Waals surface area contributed by atoms with Gasteiger partial charge >= 0.3 is 0 Å². The van der Waals surface area contributed by atoms with Crippen molar-refractivity contribution in [2.45, 2.75) is 57.6 Å². The second-order valence-corrected chi connectivity index (χ2v) is 6.99. The van der Waals surface area contributed by atoms with Crippen molar-refractivity contribution < 1.29 is 9.90 Å². The first kappa shape index (κ1) is 11.5. The minimum Gasteiger partial charge on any atom is -0.381 e. The van der Waals surface area contributed by atoms with Crippen molar-refractivity contribution in [3.05, 3.63) is 0 Å². The van der Waals surface area contributed by atoms with Crippen molar-refractivity contribution in [3.63, 3.8) is 0 Å². The second kappa shape index (κ2) is 3.71. The van der Waals surface area contributed by atoms with Gasteiger partial charge in [0.25, 0.3) is 5.91 Å². The van der Waals surface area contributed by atoms with E-state index in [0.29, 0.717) is 17.9 Å². The molecule has 0 spiro atoms. The average Bonchev–Trinajstić information content (AvgIpc) is 2.20. The molecule has 0 aliphatic heterocycles. The molecule has 1 amide bonds. The summed E-state index contributed by atoms with van der Waals surface area (Å²) in [5.74, 6) is 3.01. The number of hydrogen-bond donors (Lipinski definition) is 2. The van der Waals surface area contributed by atoms with Crippen molar-refractivity contribution in [3.8, 4) is 0 Å². The number of aliphatic hydroxyl groups is 1. The number of carbonyl (C=O) groups excluding carboxylic acids is 1. The summed E-state index contributed by atoms with van der Waals surface area (Å²) >= 11 is 0.